The number of ether oxygens (including phenoxy) is 3. The molecule has 7 heteroatoms. The molecule has 0 unspecified atom stereocenters. The van der Waals surface area contributed by atoms with Crippen molar-refractivity contribution in [3.8, 4) is 0 Å². The molecule has 0 amide bonds. The maximum atomic E-state index is 5.67. The Hall–Kier alpha value is -0.900. The quantitative estimate of drug-likeness (QED) is 0.191. The van der Waals surface area contributed by atoms with Crippen molar-refractivity contribution in [3.63, 3.8) is 0 Å². The van der Waals surface area contributed by atoms with Crippen LogP contribution in [0.1, 0.15) is 38.3 Å². The minimum atomic E-state index is 0. The predicted molar refractivity (Wildman–Crippen MR) is 122 cm³/mol. The molecule has 156 valence electrons. The van der Waals surface area contributed by atoms with Crippen LogP contribution >= 0.6 is 24.0 Å². The largest absolute Gasteiger partial charge is 0.382 e. The molecule has 2 N–H and O–H groups in total. The summed E-state index contributed by atoms with van der Waals surface area (Å²) in [5, 5.41) is 6.61. The van der Waals surface area contributed by atoms with E-state index in [4.69, 9.17) is 14.2 Å². The molecule has 0 heterocycles. The molecule has 0 aliphatic rings. The highest BCUT2D eigenvalue weighted by Gasteiger charge is 2.00. The van der Waals surface area contributed by atoms with Crippen molar-refractivity contribution in [1.82, 2.24) is 10.6 Å². The Morgan fingerprint density at radius 2 is 1.89 bits per heavy atom. The topological polar surface area (TPSA) is 64.1 Å². The summed E-state index contributed by atoms with van der Waals surface area (Å²) in [7, 11) is 1.68. The van der Waals surface area contributed by atoms with Crippen LogP contribution in [0.3, 0.4) is 0 Å². The Morgan fingerprint density at radius 1 is 1.11 bits per heavy atom. The number of nitrogens with one attached hydrogen (secondary N) is 2. The zero-order chi connectivity index (χ0) is 19.0. The van der Waals surface area contributed by atoms with Crippen molar-refractivity contribution >= 4 is 29.9 Å². The average molecular weight is 493 g/mol. The van der Waals surface area contributed by atoms with Gasteiger partial charge in [0.15, 0.2) is 5.96 Å². The Labute approximate surface area is 181 Å². The molecule has 0 saturated carbocycles. The van der Waals surface area contributed by atoms with Gasteiger partial charge in [-0.15, -0.1) is 24.0 Å². The fourth-order valence-electron chi connectivity index (χ4n) is 2.22. The molecule has 27 heavy (non-hydrogen) atoms. The summed E-state index contributed by atoms with van der Waals surface area (Å²) in [6.07, 6.45) is 1.16. The van der Waals surface area contributed by atoms with Gasteiger partial charge in [-0.3, -0.25) is 0 Å². The Morgan fingerprint density at radius 3 is 2.59 bits per heavy atom. The number of benzene rings is 1. The minimum Gasteiger partial charge on any atom is -0.382 e. The molecule has 0 saturated heterocycles. The number of hydrogen-bond acceptors (Lipinski definition) is 4. The average Bonchev–Trinajstić information content (AvgIpc) is 2.64. The summed E-state index contributed by atoms with van der Waals surface area (Å²) in [5.41, 5.74) is 2.35. The molecular formula is C20H36IN3O3. The Balaban J connectivity index is 0.00000676. The molecule has 0 aliphatic heterocycles. The van der Waals surface area contributed by atoms with Crippen LogP contribution in [0.25, 0.3) is 0 Å². The zero-order valence-corrected chi connectivity index (χ0v) is 19.5. The Bertz CT molecular complexity index is 513. The number of hydrogen-bond donors (Lipinski definition) is 2. The third-order valence-electron chi connectivity index (χ3n) is 3.53. The normalized spacial score (nSPS) is 11.4. The number of guanidine groups is 1. The van der Waals surface area contributed by atoms with Crippen LogP contribution in [0, 0.1) is 0 Å². The van der Waals surface area contributed by atoms with Gasteiger partial charge in [-0.2, -0.15) is 0 Å². The van der Waals surface area contributed by atoms with E-state index in [9.17, 15) is 0 Å². The van der Waals surface area contributed by atoms with Gasteiger partial charge in [-0.1, -0.05) is 24.3 Å². The van der Waals surface area contributed by atoms with Crippen molar-refractivity contribution in [2.24, 2.45) is 4.99 Å². The maximum absolute atomic E-state index is 5.67. The number of methoxy groups -OCH3 is 1. The molecule has 0 aromatic heterocycles. The third-order valence-corrected chi connectivity index (χ3v) is 3.53. The summed E-state index contributed by atoms with van der Waals surface area (Å²) in [6.45, 7) is 11.1. The number of nitrogens with zero attached hydrogens (tertiary/aromatic N) is 1. The fraction of sp³-hybridized carbons (Fsp3) is 0.650. The highest BCUT2D eigenvalue weighted by atomic mass is 127. The zero-order valence-electron chi connectivity index (χ0n) is 17.1. The number of aliphatic imine (C=N–C) groups is 1. The fourth-order valence-corrected chi connectivity index (χ4v) is 2.22. The van der Waals surface area contributed by atoms with Crippen molar-refractivity contribution in [2.75, 3.05) is 40.0 Å². The predicted octanol–water partition coefficient (Wildman–Crippen LogP) is 3.34. The second-order valence-electron chi connectivity index (χ2n) is 6.26. The van der Waals surface area contributed by atoms with Crippen LogP contribution in [0.15, 0.2) is 29.3 Å². The van der Waals surface area contributed by atoms with E-state index < -0.39 is 0 Å². The van der Waals surface area contributed by atoms with Crippen molar-refractivity contribution in [1.29, 1.82) is 0 Å². The third kappa shape index (κ3) is 13.8. The van der Waals surface area contributed by atoms with E-state index in [-0.39, 0.29) is 30.1 Å². The first-order valence-electron chi connectivity index (χ1n) is 9.44. The minimum absolute atomic E-state index is 0. The van der Waals surface area contributed by atoms with Crippen LogP contribution in [0.2, 0.25) is 0 Å². The smallest absolute Gasteiger partial charge is 0.191 e. The van der Waals surface area contributed by atoms with Gasteiger partial charge in [0, 0.05) is 26.8 Å². The Kier molecular flexibility index (Phi) is 16.6. The lowest BCUT2D eigenvalue weighted by atomic mass is 10.1. The highest BCUT2D eigenvalue weighted by molar-refractivity contribution is 14.0. The summed E-state index contributed by atoms with van der Waals surface area (Å²) in [4.78, 5) is 4.66. The van der Waals surface area contributed by atoms with Gasteiger partial charge in [0.25, 0.3) is 0 Å². The molecule has 6 nitrogen and oxygen atoms in total. The van der Waals surface area contributed by atoms with E-state index in [1.807, 2.05) is 13.8 Å². The highest BCUT2D eigenvalue weighted by Crippen LogP contribution is 2.09. The van der Waals surface area contributed by atoms with Crippen LogP contribution in [0.5, 0.6) is 0 Å². The van der Waals surface area contributed by atoms with Gasteiger partial charge in [-0.05, 0) is 38.3 Å². The summed E-state index contributed by atoms with van der Waals surface area (Å²) in [6, 6.07) is 8.39. The van der Waals surface area contributed by atoms with E-state index in [1.165, 1.54) is 11.1 Å². The lowest BCUT2D eigenvalue weighted by Crippen LogP contribution is -2.38. The molecule has 0 spiro atoms. The van der Waals surface area contributed by atoms with Crippen molar-refractivity contribution in [2.45, 2.75) is 46.4 Å². The van der Waals surface area contributed by atoms with Crippen LogP contribution in [-0.4, -0.2) is 52.1 Å². The molecule has 1 rings (SSSR count). The molecule has 0 radical (unpaired) electrons. The maximum Gasteiger partial charge on any atom is 0.191 e. The standard InChI is InChI=1S/C20H35N3O3.HI/c1-5-21-20(22-10-7-11-25-13-12-24-4)23-15-18-8-6-9-19(14-18)16-26-17(2)3;/h6,8-9,14,17H,5,7,10-13,15-16H2,1-4H3,(H2,21,22,23);1H. The SMILES string of the molecule is CCNC(=NCc1cccc(COC(C)C)c1)NCCCOCCOC.I. The van der Waals surface area contributed by atoms with Gasteiger partial charge in [0.1, 0.15) is 0 Å². The van der Waals surface area contributed by atoms with E-state index in [1.54, 1.807) is 7.11 Å². The molecule has 1 aromatic carbocycles. The van der Waals surface area contributed by atoms with Crippen LogP contribution < -0.4 is 10.6 Å². The van der Waals surface area contributed by atoms with Gasteiger partial charge in [-0.25, -0.2) is 4.99 Å². The summed E-state index contributed by atoms with van der Waals surface area (Å²) in [5.74, 6) is 0.827. The van der Waals surface area contributed by atoms with Gasteiger partial charge >= 0.3 is 0 Å². The number of halogens is 1. The molecule has 1 aromatic rings. The number of rotatable bonds is 13. The van der Waals surface area contributed by atoms with E-state index in [2.05, 4.69) is 46.8 Å². The van der Waals surface area contributed by atoms with Crippen LogP contribution in [0.4, 0.5) is 0 Å². The molecule has 0 atom stereocenters. The first-order chi connectivity index (χ1) is 12.7. The molecule has 0 aliphatic carbocycles. The van der Waals surface area contributed by atoms with Crippen LogP contribution in [-0.2, 0) is 27.4 Å². The van der Waals surface area contributed by atoms with Gasteiger partial charge in [0.05, 0.1) is 32.5 Å². The van der Waals surface area contributed by atoms with E-state index in [0.29, 0.717) is 33.0 Å². The lowest BCUT2D eigenvalue weighted by Gasteiger charge is -2.12. The molecule has 0 bridgehead atoms. The first kappa shape index (κ1) is 26.1. The van der Waals surface area contributed by atoms with E-state index >= 15 is 0 Å². The van der Waals surface area contributed by atoms with Crippen molar-refractivity contribution in [3.05, 3.63) is 35.4 Å². The monoisotopic (exact) mass is 493 g/mol. The molecular weight excluding hydrogens is 457 g/mol. The second kappa shape index (κ2) is 17.2. The van der Waals surface area contributed by atoms with Crippen molar-refractivity contribution < 1.29 is 14.2 Å². The summed E-state index contributed by atoms with van der Waals surface area (Å²) < 4.78 is 16.1. The lowest BCUT2D eigenvalue weighted by molar-refractivity contribution is 0.0657. The summed E-state index contributed by atoms with van der Waals surface area (Å²) >= 11 is 0. The van der Waals surface area contributed by atoms with Gasteiger partial charge < -0.3 is 24.8 Å². The molecule has 0 fully saturated rings. The van der Waals surface area contributed by atoms with E-state index in [0.717, 1.165) is 25.5 Å². The van der Waals surface area contributed by atoms with Gasteiger partial charge in [0.2, 0.25) is 0 Å². The second-order valence-corrected chi connectivity index (χ2v) is 6.26. The first-order valence-corrected chi connectivity index (χ1v) is 9.44.